The fourth-order valence-electron chi connectivity index (χ4n) is 1.07. The number of benzene rings is 1. The van der Waals surface area contributed by atoms with Crippen molar-refractivity contribution in [2.45, 2.75) is 19.9 Å². The van der Waals surface area contributed by atoms with Gasteiger partial charge in [0.05, 0.1) is 10.7 Å². The van der Waals surface area contributed by atoms with Crippen molar-refractivity contribution in [3.05, 3.63) is 27.7 Å². The molecular formula is C10H11Cl2NO2. The van der Waals surface area contributed by atoms with E-state index in [0.717, 1.165) is 5.56 Å². The zero-order valence-electron chi connectivity index (χ0n) is 8.34. The number of carboxylic acid groups (broad SMARTS) is 1. The SMILES string of the molecule is Cc1c(Cl)ccc(NC(C)C(=O)O)c1Cl. The van der Waals surface area contributed by atoms with Crippen LogP contribution in [0.2, 0.25) is 10.0 Å². The van der Waals surface area contributed by atoms with E-state index in [4.69, 9.17) is 28.3 Å². The lowest BCUT2D eigenvalue weighted by molar-refractivity contribution is -0.137. The van der Waals surface area contributed by atoms with Gasteiger partial charge in [-0.15, -0.1) is 0 Å². The van der Waals surface area contributed by atoms with E-state index in [1.807, 2.05) is 0 Å². The fourth-order valence-corrected chi connectivity index (χ4v) is 1.49. The van der Waals surface area contributed by atoms with Crippen molar-refractivity contribution in [3.8, 4) is 0 Å². The summed E-state index contributed by atoms with van der Waals surface area (Å²) in [5.41, 5.74) is 1.31. The number of halogens is 2. The third kappa shape index (κ3) is 2.76. The lowest BCUT2D eigenvalue weighted by Gasteiger charge is -2.14. The lowest BCUT2D eigenvalue weighted by atomic mass is 10.2. The summed E-state index contributed by atoms with van der Waals surface area (Å²) in [6.45, 7) is 3.32. The van der Waals surface area contributed by atoms with Crippen LogP contribution in [0.1, 0.15) is 12.5 Å². The summed E-state index contributed by atoms with van der Waals surface area (Å²) in [7, 11) is 0. The van der Waals surface area contributed by atoms with Crippen LogP contribution in [0, 0.1) is 6.92 Å². The molecule has 15 heavy (non-hydrogen) atoms. The number of carbonyl (C=O) groups is 1. The zero-order valence-corrected chi connectivity index (χ0v) is 9.86. The number of carboxylic acids is 1. The molecule has 0 aliphatic carbocycles. The average Bonchev–Trinajstić information content (AvgIpc) is 2.18. The van der Waals surface area contributed by atoms with Gasteiger partial charge in [0.15, 0.2) is 0 Å². The largest absolute Gasteiger partial charge is 0.480 e. The molecule has 0 aliphatic heterocycles. The molecule has 1 unspecified atom stereocenters. The van der Waals surface area contributed by atoms with Crippen molar-refractivity contribution in [1.82, 2.24) is 0 Å². The topological polar surface area (TPSA) is 49.3 Å². The number of rotatable bonds is 3. The molecule has 0 amide bonds. The van der Waals surface area contributed by atoms with Gasteiger partial charge >= 0.3 is 5.97 Å². The van der Waals surface area contributed by atoms with E-state index in [-0.39, 0.29) is 0 Å². The normalized spacial score (nSPS) is 12.3. The van der Waals surface area contributed by atoms with Crippen LogP contribution in [-0.4, -0.2) is 17.1 Å². The van der Waals surface area contributed by atoms with E-state index in [2.05, 4.69) is 5.32 Å². The molecule has 0 saturated carbocycles. The molecule has 0 aromatic heterocycles. The molecule has 0 spiro atoms. The fraction of sp³-hybridized carbons (Fsp3) is 0.300. The maximum atomic E-state index is 10.6. The van der Waals surface area contributed by atoms with Crippen LogP contribution >= 0.6 is 23.2 Å². The molecule has 5 heteroatoms. The Bertz CT molecular complexity index is 393. The quantitative estimate of drug-likeness (QED) is 0.863. The Hall–Kier alpha value is -0.930. The van der Waals surface area contributed by atoms with Gasteiger partial charge in [-0.3, -0.25) is 4.79 Å². The highest BCUT2D eigenvalue weighted by atomic mass is 35.5. The Morgan fingerprint density at radius 3 is 2.60 bits per heavy atom. The second-order valence-electron chi connectivity index (χ2n) is 3.24. The minimum atomic E-state index is -0.932. The number of nitrogens with one attached hydrogen (secondary N) is 1. The van der Waals surface area contributed by atoms with Gasteiger partial charge in [0.25, 0.3) is 0 Å². The second-order valence-corrected chi connectivity index (χ2v) is 4.02. The molecule has 1 aromatic rings. The Morgan fingerprint density at radius 1 is 1.47 bits per heavy atom. The number of hydrogen-bond acceptors (Lipinski definition) is 2. The van der Waals surface area contributed by atoms with Gasteiger partial charge in [-0.05, 0) is 31.5 Å². The van der Waals surface area contributed by atoms with E-state index in [1.54, 1.807) is 26.0 Å². The standard InChI is InChI=1S/C10H11Cl2NO2/c1-5-7(11)3-4-8(9(5)12)13-6(2)10(14)15/h3-4,6,13H,1-2H3,(H,14,15). The predicted molar refractivity (Wildman–Crippen MR) is 61.9 cm³/mol. The smallest absolute Gasteiger partial charge is 0.325 e. The molecule has 3 nitrogen and oxygen atoms in total. The van der Waals surface area contributed by atoms with Gasteiger partial charge in [-0.1, -0.05) is 23.2 Å². The van der Waals surface area contributed by atoms with Crippen LogP contribution in [-0.2, 0) is 4.79 Å². The molecule has 2 N–H and O–H groups in total. The summed E-state index contributed by atoms with van der Waals surface area (Å²) in [5.74, 6) is -0.932. The molecule has 82 valence electrons. The van der Waals surface area contributed by atoms with Crippen molar-refractivity contribution >= 4 is 34.9 Å². The van der Waals surface area contributed by atoms with Gasteiger partial charge < -0.3 is 10.4 Å². The van der Waals surface area contributed by atoms with Gasteiger partial charge in [-0.25, -0.2) is 0 Å². The highest BCUT2D eigenvalue weighted by molar-refractivity contribution is 6.37. The van der Waals surface area contributed by atoms with E-state index in [1.165, 1.54) is 0 Å². The van der Waals surface area contributed by atoms with Crippen molar-refractivity contribution in [1.29, 1.82) is 0 Å². The molecule has 1 atom stereocenters. The molecule has 1 aromatic carbocycles. The second kappa shape index (κ2) is 4.73. The first-order chi connectivity index (χ1) is 6.93. The Balaban J connectivity index is 2.97. The molecule has 0 saturated heterocycles. The number of aliphatic carboxylic acids is 1. The Labute approximate surface area is 98.0 Å². The molecule has 0 heterocycles. The first kappa shape index (κ1) is 12.1. The van der Waals surface area contributed by atoms with Crippen LogP contribution in [0.3, 0.4) is 0 Å². The third-order valence-corrected chi connectivity index (χ3v) is 2.96. The van der Waals surface area contributed by atoms with E-state index in [0.29, 0.717) is 15.7 Å². The Kier molecular flexibility index (Phi) is 3.83. The lowest BCUT2D eigenvalue weighted by Crippen LogP contribution is -2.25. The predicted octanol–water partition coefficient (Wildman–Crippen LogP) is 3.19. The highest BCUT2D eigenvalue weighted by Gasteiger charge is 2.13. The maximum Gasteiger partial charge on any atom is 0.325 e. The summed E-state index contributed by atoms with van der Waals surface area (Å²) < 4.78 is 0. The van der Waals surface area contributed by atoms with E-state index in [9.17, 15) is 4.79 Å². The molecule has 0 fully saturated rings. The van der Waals surface area contributed by atoms with Crippen molar-refractivity contribution < 1.29 is 9.90 Å². The molecule has 0 aliphatic rings. The third-order valence-electron chi connectivity index (χ3n) is 2.06. The van der Waals surface area contributed by atoms with Crippen LogP contribution in [0.15, 0.2) is 12.1 Å². The molecule has 0 bridgehead atoms. The summed E-state index contributed by atoms with van der Waals surface area (Å²) >= 11 is 11.9. The average molecular weight is 248 g/mol. The summed E-state index contributed by atoms with van der Waals surface area (Å²) in [6, 6.07) is 2.65. The van der Waals surface area contributed by atoms with Crippen LogP contribution in [0.4, 0.5) is 5.69 Å². The van der Waals surface area contributed by atoms with Crippen molar-refractivity contribution in [3.63, 3.8) is 0 Å². The van der Waals surface area contributed by atoms with Crippen LogP contribution in [0.25, 0.3) is 0 Å². The molecule has 1 rings (SSSR count). The first-order valence-electron chi connectivity index (χ1n) is 4.37. The summed E-state index contributed by atoms with van der Waals surface area (Å²) in [6.07, 6.45) is 0. The van der Waals surface area contributed by atoms with Crippen molar-refractivity contribution in [2.75, 3.05) is 5.32 Å². The van der Waals surface area contributed by atoms with E-state index < -0.39 is 12.0 Å². The van der Waals surface area contributed by atoms with Gasteiger partial charge in [0.2, 0.25) is 0 Å². The summed E-state index contributed by atoms with van der Waals surface area (Å²) in [4.78, 5) is 10.6. The molecular weight excluding hydrogens is 237 g/mol. The van der Waals surface area contributed by atoms with Gasteiger partial charge in [0, 0.05) is 5.02 Å². The zero-order chi connectivity index (χ0) is 11.6. The highest BCUT2D eigenvalue weighted by Crippen LogP contribution is 2.31. The number of hydrogen-bond donors (Lipinski definition) is 2. The monoisotopic (exact) mass is 247 g/mol. The first-order valence-corrected chi connectivity index (χ1v) is 5.13. The minimum absolute atomic E-state index is 0.454. The molecule has 0 radical (unpaired) electrons. The summed E-state index contributed by atoms with van der Waals surface area (Å²) in [5, 5.41) is 12.5. The maximum absolute atomic E-state index is 10.6. The van der Waals surface area contributed by atoms with Crippen LogP contribution < -0.4 is 5.32 Å². The van der Waals surface area contributed by atoms with Gasteiger partial charge in [-0.2, -0.15) is 0 Å². The number of anilines is 1. The van der Waals surface area contributed by atoms with E-state index >= 15 is 0 Å². The van der Waals surface area contributed by atoms with Crippen LogP contribution in [0.5, 0.6) is 0 Å². The van der Waals surface area contributed by atoms with Gasteiger partial charge in [0.1, 0.15) is 6.04 Å². The Morgan fingerprint density at radius 2 is 2.07 bits per heavy atom. The minimum Gasteiger partial charge on any atom is -0.480 e. The van der Waals surface area contributed by atoms with Crippen molar-refractivity contribution in [2.24, 2.45) is 0 Å².